The second-order valence-electron chi connectivity index (χ2n) is 2.90. The van der Waals surface area contributed by atoms with Crippen LogP contribution in [0, 0.1) is 5.82 Å². The summed E-state index contributed by atoms with van der Waals surface area (Å²) in [5.41, 5.74) is 1.72. The van der Waals surface area contributed by atoms with Crippen LogP contribution in [-0.4, -0.2) is 6.29 Å². The minimum absolute atomic E-state index is 0.247. The highest BCUT2D eigenvalue weighted by Gasteiger charge is 2.09. The Morgan fingerprint density at radius 3 is 2.85 bits per heavy atom. The molecule has 0 aliphatic rings. The summed E-state index contributed by atoms with van der Waals surface area (Å²) < 4.78 is 12.8. The van der Waals surface area contributed by atoms with Crippen molar-refractivity contribution in [3.8, 4) is 0 Å². The van der Waals surface area contributed by atoms with Gasteiger partial charge in [-0.2, -0.15) is 0 Å². The number of carbonyl (C=O) groups is 1. The van der Waals surface area contributed by atoms with Crippen LogP contribution in [0.25, 0.3) is 0 Å². The van der Waals surface area contributed by atoms with Crippen LogP contribution in [0.4, 0.5) is 4.39 Å². The first-order valence-electron chi connectivity index (χ1n) is 3.98. The van der Waals surface area contributed by atoms with E-state index in [-0.39, 0.29) is 11.7 Å². The van der Waals surface area contributed by atoms with Gasteiger partial charge in [0.2, 0.25) is 0 Å². The van der Waals surface area contributed by atoms with Crippen LogP contribution in [0.15, 0.2) is 18.2 Å². The minimum Gasteiger partial charge on any atom is -0.303 e. The van der Waals surface area contributed by atoms with Crippen LogP contribution < -0.4 is 0 Å². The van der Waals surface area contributed by atoms with Gasteiger partial charge in [-0.05, 0) is 23.3 Å². The summed E-state index contributed by atoms with van der Waals surface area (Å²) in [6.07, 6.45) is 0.820. The molecule has 0 amide bonds. The monoisotopic (exact) mass is 244 g/mol. The van der Waals surface area contributed by atoms with Crippen molar-refractivity contribution in [3.63, 3.8) is 0 Å². The Labute approximate surface area is 85.1 Å². The number of hydrogen-bond acceptors (Lipinski definition) is 1. The summed E-state index contributed by atoms with van der Waals surface area (Å²) in [7, 11) is 0. The molecular formula is C10H10BrFO. The molecule has 1 aromatic carbocycles. The standard InChI is InChI=1S/C10H10BrFO/c1-7(6-13)10-4-9(12)3-2-8(10)5-11/h2-4,6-7H,5H2,1H3. The predicted octanol–water partition coefficient (Wildman–Crippen LogP) is 3.02. The lowest BCUT2D eigenvalue weighted by atomic mass is 9.98. The number of benzene rings is 1. The Morgan fingerprint density at radius 2 is 2.31 bits per heavy atom. The lowest BCUT2D eigenvalue weighted by Crippen LogP contribution is -1.99. The van der Waals surface area contributed by atoms with E-state index in [4.69, 9.17) is 0 Å². The Kier molecular flexibility index (Phi) is 3.60. The van der Waals surface area contributed by atoms with Crippen molar-refractivity contribution >= 4 is 22.2 Å². The fourth-order valence-corrected chi connectivity index (χ4v) is 1.70. The average molecular weight is 245 g/mol. The molecule has 0 N–H and O–H groups in total. The summed E-state index contributed by atoms with van der Waals surface area (Å²) in [5.74, 6) is -0.545. The Hall–Kier alpha value is -0.700. The van der Waals surface area contributed by atoms with Crippen LogP contribution >= 0.6 is 15.9 Å². The Bertz CT molecular complexity index is 312. The van der Waals surface area contributed by atoms with E-state index in [0.717, 1.165) is 17.4 Å². The summed E-state index contributed by atoms with van der Waals surface area (Å²) in [6, 6.07) is 4.51. The van der Waals surface area contributed by atoms with Crippen LogP contribution in [0.2, 0.25) is 0 Å². The van der Waals surface area contributed by atoms with Gasteiger partial charge in [-0.1, -0.05) is 28.9 Å². The van der Waals surface area contributed by atoms with Gasteiger partial charge in [0.1, 0.15) is 12.1 Å². The summed E-state index contributed by atoms with van der Waals surface area (Å²) in [4.78, 5) is 10.5. The topological polar surface area (TPSA) is 17.1 Å². The van der Waals surface area contributed by atoms with Crippen LogP contribution in [-0.2, 0) is 10.1 Å². The molecular weight excluding hydrogens is 235 g/mol. The molecule has 0 fully saturated rings. The van der Waals surface area contributed by atoms with Gasteiger partial charge in [0, 0.05) is 11.2 Å². The van der Waals surface area contributed by atoms with Gasteiger partial charge < -0.3 is 4.79 Å². The molecule has 0 radical (unpaired) electrons. The second kappa shape index (κ2) is 4.51. The van der Waals surface area contributed by atoms with Crippen molar-refractivity contribution < 1.29 is 9.18 Å². The maximum atomic E-state index is 12.8. The van der Waals surface area contributed by atoms with E-state index in [1.807, 2.05) is 0 Å². The smallest absolute Gasteiger partial charge is 0.127 e. The molecule has 0 aromatic heterocycles. The molecule has 1 nitrogen and oxygen atoms in total. The normalized spacial score (nSPS) is 12.5. The lowest BCUT2D eigenvalue weighted by Gasteiger charge is -2.09. The van der Waals surface area contributed by atoms with Crippen molar-refractivity contribution in [1.82, 2.24) is 0 Å². The third kappa shape index (κ3) is 2.37. The van der Waals surface area contributed by atoms with Crippen LogP contribution in [0.5, 0.6) is 0 Å². The van der Waals surface area contributed by atoms with E-state index in [2.05, 4.69) is 15.9 Å². The number of rotatable bonds is 3. The molecule has 0 saturated heterocycles. The number of carbonyl (C=O) groups excluding carboxylic acids is 1. The zero-order valence-electron chi connectivity index (χ0n) is 7.26. The van der Waals surface area contributed by atoms with Gasteiger partial charge in [-0.25, -0.2) is 4.39 Å². The van der Waals surface area contributed by atoms with E-state index in [1.54, 1.807) is 13.0 Å². The van der Waals surface area contributed by atoms with Crippen molar-refractivity contribution in [3.05, 3.63) is 35.1 Å². The third-order valence-electron chi connectivity index (χ3n) is 1.95. The van der Waals surface area contributed by atoms with Gasteiger partial charge in [-0.15, -0.1) is 0 Å². The van der Waals surface area contributed by atoms with Gasteiger partial charge in [0.25, 0.3) is 0 Å². The van der Waals surface area contributed by atoms with E-state index in [0.29, 0.717) is 5.33 Å². The molecule has 0 aliphatic heterocycles. The zero-order chi connectivity index (χ0) is 9.84. The molecule has 1 atom stereocenters. The summed E-state index contributed by atoms with van der Waals surface area (Å²) in [6.45, 7) is 1.76. The highest BCUT2D eigenvalue weighted by molar-refractivity contribution is 9.08. The number of halogens is 2. The molecule has 1 unspecified atom stereocenters. The van der Waals surface area contributed by atoms with Crippen molar-refractivity contribution in [1.29, 1.82) is 0 Å². The van der Waals surface area contributed by atoms with Crippen molar-refractivity contribution in [2.45, 2.75) is 18.2 Å². The SMILES string of the molecule is CC(C=O)c1cc(F)ccc1CBr. The molecule has 3 heteroatoms. The quantitative estimate of drug-likeness (QED) is 0.590. The fraction of sp³-hybridized carbons (Fsp3) is 0.300. The molecule has 0 saturated carbocycles. The molecule has 0 aliphatic carbocycles. The van der Waals surface area contributed by atoms with Gasteiger partial charge in [0.05, 0.1) is 0 Å². The molecule has 13 heavy (non-hydrogen) atoms. The first-order valence-corrected chi connectivity index (χ1v) is 5.10. The molecule has 1 rings (SSSR count). The summed E-state index contributed by atoms with van der Waals surface area (Å²) >= 11 is 3.29. The Balaban J connectivity index is 3.14. The second-order valence-corrected chi connectivity index (χ2v) is 3.46. The molecule has 0 spiro atoms. The minimum atomic E-state index is -0.298. The first-order chi connectivity index (χ1) is 6.19. The molecule has 1 aromatic rings. The van der Waals surface area contributed by atoms with E-state index in [1.165, 1.54) is 12.1 Å². The largest absolute Gasteiger partial charge is 0.303 e. The highest BCUT2D eigenvalue weighted by Crippen LogP contribution is 2.21. The van der Waals surface area contributed by atoms with E-state index >= 15 is 0 Å². The number of alkyl halides is 1. The zero-order valence-corrected chi connectivity index (χ0v) is 8.84. The Morgan fingerprint density at radius 1 is 1.62 bits per heavy atom. The van der Waals surface area contributed by atoms with Crippen LogP contribution in [0.1, 0.15) is 24.0 Å². The van der Waals surface area contributed by atoms with Crippen molar-refractivity contribution in [2.75, 3.05) is 0 Å². The van der Waals surface area contributed by atoms with E-state index in [9.17, 15) is 9.18 Å². The third-order valence-corrected chi connectivity index (χ3v) is 2.55. The van der Waals surface area contributed by atoms with Crippen LogP contribution in [0.3, 0.4) is 0 Å². The first kappa shape index (κ1) is 10.4. The summed E-state index contributed by atoms with van der Waals surface area (Å²) in [5, 5.41) is 0.640. The van der Waals surface area contributed by atoms with Gasteiger partial charge in [-0.3, -0.25) is 0 Å². The van der Waals surface area contributed by atoms with E-state index < -0.39 is 0 Å². The number of aldehydes is 1. The van der Waals surface area contributed by atoms with Gasteiger partial charge >= 0.3 is 0 Å². The average Bonchev–Trinajstić information content (AvgIpc) is 2.16. The highest BCUT2D eigenvalue weighted by atomic mass is 79.9. The fourth-order valence-electron chi connectivity index (χ4n) is 1.18. The van der Waals surface area contributed by atoms with Crippen molar-refractivity contribution in [2.24, 2.45) is 0 Å². The maximum Gasteiger partial charge on any atom is 0.127 e. The molecule has 70 valence electrons. The predicted molar refractivity (Wildman–Crippen MR) is 53.5 cm³/mol. The van der Waals surface area contributed by atoms with Gasteiger partial charge in [0.15, 0.2) is 0 Å². The maximum absolute atomic E-state index is 12.8. The molecule has 0 bridgehead atoms. The molecule has 0 heterocycles. The number of hydrogen-bond donors (Lipinski definition) is 0. The lowest BCUT2D eigenvalue weighted by molar-refractivity contribution is -0.108.